The number of fused-ring (bicyclic) bond motifs is 1. The maximum atomic E-state index is 12.6. The van der Waals surface area contributed by atoms with Gasteiger partial charge in [0, 0.05) is 22.6 Å². The molecule has 3 rings (SSSR count). The quantitative estimate of drug-likeness (QED) is 0.456. The first-order valence-electron chi connectivity index (χ1n) is 7.90. The molecule has 0 atom stereocenters. The molecule has 136 valence electrons. The van der Waals surface area contributed by atoms with E-state index in [2.05, 4.69) is 20.9 Å². The number of aromatic nitrogens is 1. The third kappa shape index (κ3) is 4.38. The van der Waals surface area contributed by atoms with Crippen molar-refractivity contribution in [3.8, 4) is 0 Å². The molecule has 2 aromatic carbocycles. The normalized spacial score (nSPS) is 12.1. The Kier molecular flexibility index (Phi) is 6.53. The van der Waals surface area contributed by atoms with Crippen LogP contribution in [0.15, 0.2) is 45.9 Å². The van der Waals surface area contributed by atoms with E-state index in [1.807, 2.05) is 29.7 Å². The fraction of sp³-hybridized carbons (Fsp3) is 0.222. The fourth-order valence-corrected chi connectivity index (χ4v) is 4.55. The maximum Gasteiger partial charge on any atom is 0.281 e. The summed E-state index contributed by atoms with van der Waals surface area (Å²) in [5.74, 6) is -0.401. The highest BCUT2D eigenvalue weighted by molar-refractivity contribution is 9.10. The number of halogens is 3. The summed E-state index contributed by atoms with van der Waals surface area (Å²) in [6.07, 6.45) is 0. The summed E-state index contributed by atoms with van der Waals surface area (Å²) in [7, 11) is 0. The minimum atomic E-state index is -0.401. The van der Waals surface area contributed by atoms with Gasteiger partial charge in [-0.15, -0.1) is 0 Å². The van der Waals surface area contributed by atoms with Gasteiger partial charge in [0.15, 0.2) is 4.80 Å². The predicted octanol–water partition coefficient (Wildman–Crippen LogP) is 5.55. The highest BCUT2D eigenvalue weighted by Gasteiger charge is 2.12. The van der Waals surface area contributed by atoms with Crippen LogP contribution >= 0.6 is 50.5 Å². The van der Waals surface area contributed by atoms with Gasteiger partial charge >= 0.3 is 0 Å². The van der Waals surface area contributed by atoms with Gasteiger partial charge in [0.25, 0.3) is 5.91 Å². The number of nitrogens with zero attached hydrogens (tertiary/aromatic N) is 2. The lowest BCUT2D eigenvalue weighted by molar-refractivity contribution is 0.0997. The summed E-state index contributed by atoms with van der Waals surface area (Å²) in [5, 5.41) is 0.765. The van der Waals surface area contributed by atoms with E-state index in [-0.39, 0.29) is 5.02 Å². The van der Waals surface area contributed by atoms with E-state index in [0.717, 1.165) is 14.7 Å². The topological polar surface area (TPSA) is 43.6 Å². The standard InChI is InChI=1S/C18H15BrCl2N2O2S/c1-2-25-8-7-23-15-6-3-11(19)9-16(15)26-18(23)22-17(24)13-5-4-12(20)10-14(13)21/h3-6,9-10H,2,7-8H2,1H3. The van der Waals surface area contributed by atoms with Crippen LogP contribution in [0, 0.1) is 0 Å². The zero-order valence-corrected chi connectivity index (χ0v) is 17.8. The fourth-order valence-electron chi connectivity index (χ4n) is 2.46. The van der Waals surface area contributed by atoms with E-state index in [4.69, 9.17) is 27.9 Å². The molecule has 0 saturated carbocycles. The van der Waals surface area contributed by atoms with Gasteiger partial charge in [0.05, 0.1) is 27.4 Å². The van der Waals surface area contributed by atoms with Crippen molar-refractivity contribution in [3.63, 3.8) is 0 Å². The number of hydrogen-bond acceptors (Lipinski definition) is 3. The molecule has 3 aromatic rings. The highest BCUT2D eigenvalue weighted by atomic mass is 79.9. The van der Waals surface area contributed by atoms with E-state index in [0.29, 0.717) is 35.1 Å². The van der Waals surface area contributed by atoms with Crippen molar-refractivity contribution in [2.45, 2.75) is 13.5 Å². The lowest BCUT2D eigenvalue weighted by Gasteiger charge is -2.05. The van der Waals surface area contributed by atoms with Gasteiger partial charge in [-0.3, -0.25) is 4.79 Å². The number of hydrogen-bond donors (Lipinski definition) is 0. The SMILES string of the molecule is CCOCCn1c(=NC(=O)c2ccc(Cl)cc2Cl)sc2cc(Br)ccc21. The van der Waals surface area contributed by atoms with Gasteiger partial charge in [-0.25, -0.2) is 0 Å². The molecule has 0 radical (unpaired) electrons. The summed E-state index contributed by atoms with van der Waals surface area (Å²) in [4.78, 5) is 17.5. The maximum absolute atomic E-state index is 12.6. The number of benzene rings is 2. The molecule has 8 heteroatoms. The van der Waals surface area contributed by atoms with Crippen LogP contribution in [-0.4, -0.2) is 23.7 Å². The summed E-state index contributed by atoms with van der Waals surface area (Å²) < 4.78 is 9.46. The molecule has 0 fully saturated rings. The summed E-state index contributed by atoms with van der Waals surface area (Å²) in [6.45, 7) is 3.74. The van der Waals surface area contributed by atoms with E-state index in [1.165, 1.54) is 17.4 Å². The molecule has 0 aliphatic carbocycles. The van der Waals surface area contributed by atoms with Crippen LogP contribution in [0.3, 0.4) is 0 Å². The first-order valence-corrected chi connectivity index (χ1v) is 10.3. The predicted molar refractivity (Wildman–Crippen MR) is 110 cm³/mol. The summed E-state index contributed by atoms with van der Waals surface area (Å²) >= 11 is 17.0. The molecule has 1 heterocycles. The Morgan fingerprint density at radius 2 is 2.08 bits per heavy atom. The lowest BCUT2D eigenvalue weighted by atomic mass is 10.2. The molecular formula is C18H15BrCl2N2O2S. The van der Waals surface area contributed by atoms with Gasteiger partial charge in [-0.2, -0.15) is 4.99 Å². The van der Waals surface area contributed by atoms with Gasteiger partial charge in [0.1, 0.15) is 0 Å². The second kappa shape index (κ2) is 8.67. The molecular weight excluding hydrogens is 459 g/mol. The van der Waals surface area contributed by atoms with Crippen LogP contribution in [0.5, 0.6) is 0 Å². The number of carbonyl (C=O) groups excluding carboxylic acids is 1. The molecule has 0 aliphatic heterocycles. The average molecular weight is 474 g/mol. The Morgan fingerprint density at radius 1 is 1.27 bits per heavy atom. The molecule has 0 bridgehead atoms. The number of rotatable bonds is 5. The molecule has 1 amide bonds. The third-order valence-corrected chi connectivity index (χ3v) is 5.75. The van der Waals surface area contributed by atoms with Crippen LogP contribution in [0.2, 0.25) is 10.0 Å². The molecule has 0 aliphatic rings. The van der Waals surface area contributed by atoms with E-state index in [9.17, 15) is 4.79 Å². The zero-order valence-electron chi connectivity index (χ0n) is 13.8. The lowest BCUT2D eigenvalue weighted by Crippen LogP contribution is -2.19. The first-order chi connectivity index (χ1) is 12.5. The Labute approximate surface area is 173 Å². The van der Waals surface area contributed by atoms with Crippen LogP contribution in [0.1, 0.15) is 17.3 Å². The van der Waals surface area contributed by atoms with Crippen LogP contribution in [0.4, 0.5) is 0 Å². The summed E-state index contributed by atoms with van der Waals surface area (Å²) in [5.41, 5.74) is 1.33. The van der Waals surface area contributed by atoms with Crippen molar-refractivity contribution < 1.29 is 9.53 Å². The molecule has 1 aromatic heterocycles. The Balaban J connectivity index is 2.08. The largest absolute Gasteiger partial charge is 0.380 e. The van der Waals surface area contributed by atoms with Crippen LogP contribution in [-0.2, 0) is 11.3 Å². The van der Waals surface area contributed by atoms with Crippen molar-refractivity contribution in [2.24, 2.45) is 4.99 Å². The van der Waals surface area contributed by atoms with E-state index < -0.39 is 5.91 Å². The number of amides is 1. The van der Waals surface area contributed by atoms with Crippen molar-refractivity contribution in [2.75, 3.05) is 13.2 Å². The number of carbonyl (C=O) groups is 1. The third-order valence-electron chi connectivity index (χ3n) is 3.67. The molecule has 0 N–H and O–H groups in total. The van der Waals surface area contributed by atoms with E-state index in [1.54, 1.807) is 12.1 Å². The Bertz CT molecular complexity index is 1030. The van der Waals surface area contributed by atoms with Crippen molar-refractivity contribution in [1.82, 2.24) is 4.57 Å². The smallest absolute Gasteiger partial charge is 0.281 e. The van der Waals surface area contributed by atoms with Gasteiger partial charge in [-0.05, 0) is 43.3 Å². The van der Waals surface area contributed by atoms with Crippen molar-refractivity contribution in [1.29, 1.82) is 0 Å². The Morgan fingerprint density at radius 3 is 2.81 bits per heavy atom. The monoisotopic (exact) mass is 472 g/mol. The van der Waals surface area contributed by atoms with Crippen LogP contribution < -0.4 is 4.80 Å². The minimum absolute atomic E-state index is 0.288. The first kappa shape index (κ1) is 19.6. The number of ether oxygens (including phenoxy) is 1. The van der Waals surface area contributed by atoms with E-state index >= 15 is 0 Å². The molecule has 0 saturated heterocycles. The molecule has 26 heavy (non-hydrogen) atoms. The zero-order chi connectivity index (χ0) is 18.7. The van der Waals surface area contributed by atoms with Gasteiger partial charge < -0.3 is 9.30 Å². The van der Waals surface area contributed by atoms with Crippen molar-refractivity contribution in [3.05, 3.63) is 61.3 Å². The average Bonchev–Trinajstić information content (AvgIpc) is 2.91. The molecule has 0 spiro atoms. The second-order valence-corrected chi connectivity index (χ2v) is 8.15. The minimum Gasteiger partial charge on any atom is -0.380 e. The Hall–Kier alpha value is -1.18. The van der Waals surface area contributed by atoms with Gasteiger partial charge in [-0.1, -0.05) is 50.5 Å². The molecule has 4 nitrogen and oxygen atoms in total. The highest BCUT2D eigenvalue weighted by Crippen LogP contribution is 2.24. The number of thiazole rings is 1. The summed E-state index contributed by atoms with van der Waals surface area (Å²) in [6, 6.07) is 10.7. The van der Waals surface area contributed by atoms with Gasteiger partial charge in [0.2, 0.25) is 0 Å². The second-order valence-electron chi connectivity index (χ2n) is 5.39. The van der Waals surface area contributed by atoms with Crippen LogP contribution in [0.25, 0.3) is 10.2 Å². The van der Waals surface area contributed by atoms with Crippen molar-refractivity contribution >= 4 is 66.6 Å². The molecule has 0 unspecified atom stereocenters.